The first-order chi connectivity index (χ1) is 22.8. The number of hydrogen-bond donors (Lipinski definition) is 0. The molecule has 0 aliphatic carbocycles. The van der Waals surface area contributed by atoms with Gasteiger partial charge in [0, 0.05) is 22.1 Å². The minimum Gasteiger partial charge on any atom is -0.455 e. The fourth-order valence-electron chi connectivity index (χ4n) is 6.95. The average molecular weight is 588 g/mol. The molecule has 46 heavy (non-hydrogen) atoms. The van der Waals surface area contributed by atoms with Crippen LogP contribution in [0.3, 0.4) is 0 Å². The lowest BCUT2D eigenvalue weighted by atomic mass is 9.90. The number of benzene rings is 8. The van der Waals surface area contributed by atoms with Crippen molar-refractivity contribution in [1.29, 1.82) is 0 Å². The van der Waals surface area contributed by atoms with Crippen LogP contribution in [0, 0.1) is 0 Å². The summed E-state index contributed by atoms with van der Waals surface area (Å²) in [6, 6.07) is 62.6. The fraction of sp³-hybridized carbons (Fsp3) is 0. The quantitative estimate of drug-likeness (QED) is 0.199. The van der Waals surface area contributed by atoms with Crippen LogP contribution in [0.2, 0.25) is 0 Å². The summed E-state index contributed by atoms with van der Waals surface area (Å²) in [6.07, 6.45) is 0. The molecule has 0 saturated heterocycles. The van der Waals surface area contributed by atoms with Gasteiger partial charge in [-0.3, -0.25) is 0 Å². The zero-order valence-corrected chi connectivity index (χ0v) is 25.1. The van der Waals surface area contributed by atoms with Crippen molar-refractivity contribution in [1.82, 2.24) is 0 Å². The molecular formula is C44H29NO. The molecule has 2 nitrogen and oxygen atoms in total. The second kappa shape index (κ2) is 10.8. The van der Waals surface area contributed by atoms with E-state index in [1.807, 2.05) is 0 Å². The van der Waals surface area contributed by atoms with E-state index in [0.717, 1.165) is 44.4 Å². The molecular weight excluding hydrogens is 558 g/mol. The lowest BCUT2D eigenvalue weighted by Crippen LogP contribution is -2.10. The molecule has 0 bridgehead atoms. The van der Waals surface area contributed by atoms with Crippen LogP contribution in [0.5, 0.6) is 0 Å². The molecule has 0 saturated carbocycles. The van der Waals surface area contributed by atoms with Crippen molar-refractivity contribution < 1.29 is 4.42 Å². The number of para-hydroxylation sites is 1. The Morgan fingerprint density at radius 2 is 1.07 bits per heavy atom. The highest BCUT2D eigenvalue weighted by Crippen LogP contribution is 2.47. The molecule has 0 aliphatic heterocycles. The highest BCUT2D eigenvalue weighted by atomic mass is 16.3. The molecule has 1 aromatic heterocycles. The van der Waals surface area contributed by atoms with Gasteiger partial charge in [0.15, 0.2) is 0 Å². The lowest BCUT2D eigenvalue weighted by molar-refractivity contribution is 0.672. The average Bonchev–Trinajstić information content (AvgIpc) is 3.52. The van der Waals surface area contributed by atoms with E-state index in [0.29, 0.717) is 0 Å². The standard InChI is InChI=1S/C44H29NO/c1-3-15-31(16-4-1)35-20-9-10-21-36(35)39-29-40-43-41(24-13-25-42(43)46-44(40)38-23-12-11-22-37(38)39)45(33-18-5-2-6-19-33)34-27-26-30-14-7-8-17-32(30)28-34/h1-29H. The van der Waals surface area contributed by atoms with Crippen LogP contribution in [0.15, 0.2) is 180 Å². The third-order valence-electron chi connectivity index (χ3n) is 9.03. The van der Waals surface area contributed by atoms with Gasteiger partial charge in [-0.25, -0.2) is 0 Å². The summed E-state index contributed by atoms with van der Waals surface area (Å²) >= 11 is 0. The first-order valence-corrected chi connectivity index (χ1v) is 15.7. The minimum atomic E-state index is 0.868. The SMILES string of the molecule is c1ccc(-c2ccccc2-c2cc3c(oc4cccc(N(c5ccccc5)c5ccc6ccccc6c5)c43)c3ccccc23)cc1. The Kier molecular flexibility index (Phi) is 6.17. The van der Waals surface area contributed by atoms with Crippen molar-refractivity contribution in [3.8, 4) is 22.3 Å². The summed E-state index contributed by atoms with van der Waals surface area (Å²) in [4.78, 5) is 2.36. The highest BCUT2D eigenvalue weighted by Gasteiger charge is 2.22. The molecule has 9 rings (SSSR count). The predicted octanol–water partition coefficient (Wildman–Crippen LogP) is 12.7. The van der Waals surface area contributed by atoms with Crippen molar-refractivity contribution >= 4 is 60.5 Å². The van der Waals surface area contributed by atoms with E-state index < -0.39 is 0 Å². The minimum absolute atomic E-state index is 0.868. The van der Waals surface area contributed by atoms with E-state index in [-0.39, 0.29) is 0 Å². The Hall–Kier alpha value is -6.12. The van der Waals surface area contributed by atoms with E-state index in [1.54, 1.807) is 0 Å². The fourth-order valence-corrected chi connectivity index (χ4v) is 6.95. The molecule has 0 fully saturated rings. The topological polar surface area (TPSA) is 16.4 Å². The molecule has 8 aromatic carbocycles. The molecule has 9 aromatic rings. The molecule has 1 heterocycles. The highest BCUT2D eigenvalue weighted by molar-refractivity contribution is 6.23. The molecule has 0 aliphatic rings. The molecule has 0 N–H and O–H groups in total. The lowest BCUT2D eigenvalue weighted by Gasteiger charge is -2.26. The molecule has 2 heteroatoms. The second-order valence-electron chi connectivity index (χ2n) is 11.7. The maximum Gasteiger partial charge on any atom is 0.143 e. The number of rotatable bonds is 5. The van der Waals surface area contributed by atoms with E-state index in [1.165, 1.54) is 38.4 Å². The first-order valence-electron chi connectivity index (χ1n) is 15.7. The summed E-state index contributed by atoms with van der Waals surface area (Å²) in [6.45, 7) is 0. The van der Waals surface area contributed by atoms with Crippen molar-refractivity contribution in [2.24, 2.45) is 0 Å². The zero-order chi connectivity index (χ0) is 30.5. The normalized spacial score (nSPS) is 11.5. The number of hydrogen-bond acceptors (Lipinski definition) is 2. The van der Waals surface area contributed by atoms with Crippen molar-refractivity contribution in [2.75, 3.05) is 4.90 Å². The Labute approximate surface area is 267 Å². The van der Waals surface area contributed by atoms with Crippen molar-refractivity contribution in [3.63, 3.8) is 0 Å². The summed E-state index contributed by atoms with van der Waals surface area (Å²) < 4.78 is 6.78. The van der Waals surface area contributed by atoms with E-state index in [9.17, 15) is 0 Å². The van der Waals surface area contributed by atoms with E-state index in [4.69, 9.17) is 4.42 Å². The van der Waals surface area contributed by atoms with Gasteiger partial charge < -0.3 is 9.32 Å². The summed E-state index contributed by atoms with van der Waals surface area (Å²) in [5, 5.41) is 6.91. The van der Waals surface area contributed by atoms with Gasteiger partial charge in [-0.1, -0.05) is 133 Å². The van der Waals surface area contributed by atoms with Gasteiger partial charge in [0.2, 0.25) is 0 Å². The van der Waals surface area contributed by atoms with Gasteiger partial charge in [0.1, 0.15) is 11.2 Å². The van der Waals surface area contributed by atoms with Gasteiger partial charge in [-0.2, -0.15) is 0 Å². The van der Waals surface area contributed by atoms with Crippen LogP contribution in [0.4, 0.5) is 17.1 Å². The molecule has 216 valence electrons. The van der Waals surface area contributed by atoms with Crippen molar-refractivity contribution in [3.05, 3.63) is 176 Å². The number of furan rings is 1. The van der Waals surface area contributed by atoms with Crippen LogP contribution < -0.4 is 4.90 Å². The largest absolute Gasteiger partial charge is 0.455 e. The summed E-state index contributed by atoms with van der Waals surface area (Å²) in [7, 11) is 0. The molecule has 0 unspecified atom stereocenters. The Bertz CT molecular complexity index is 2530. The third-order valence-corrected chi connectivity index (χ3v) is 9.03. The summed E-state index contributed by atoms with van der Waals surface area (Å²) in [5.74, 6) is 0. The van der Waals surface area contributed by atoms with Gasteiger partial charge in [0.25, 0.3) is 0 Å². The molecule has 0 radical (unpaired) electrons. The molecule has 0 spiro atoms. The first kappa shape index (κ1) is 26.3. The van der Waals surface area contributed by atoms with Crippen LogP contribution in [-0.2, 0) is 0 Å². The zero-order valence-electron chi connectivity index (χ0n) is 25.1. The Morgan fingerprint density at radius 3 is 1.89 bits per heavy atom. The van der Waals surface area contributed by atoms with Gasteiger partial charge >= 0.3 is 0 Å². The van der Waals surface area contributed by atoms with E-state index >= 15 is 0 Å². The molecule has 0 atom stereocenters. The predicted molar refractivity (Wildman–Crippen MR) is 194 cm³/mol. The van der Waals surface area contributed by atoms with Gasteiger partial charge in [0.05, 0.1) is 11.1 Å². The second-order valence-corrected chi connectivity index (χ2v) is 11.7. The monoisotopic (exact) mass is 587 g/mol. The molecule has 0 amide bonds. The van der Waals surface area contributed by atoms with Crippen LogP contribution in [0.1, 0.15) is 0 Å². The summed E-state index contributed by atoms with van der Waals surface area (Å²) in [5.41, 5.74) is 9.85. The van der Waals surface area contributed by atoms with Crippen LogP contribution in [0.25, 0.3) is 65.7 Å². The maximum absolute atomic E-state index is 6.78. The van der Waals surface area contributed by atoms with Gasteiger partial charge in [-0.05, 0) is 80.9 Å². The number of fused-ring (bicyclic) bond motifs is 6. The van der Waals surface area contributed by atoms with E-state index in [2.05, 4.69) is 181 Å². The number of anilines is 3. The van der Waals surface area contributed by atoms with Gasteiger partial charge in [-0.15, -0.1) is 0 Å². The maximum atomic E-state index is 6.78. The third kappa shape index (κ3) is 4.27. The van der Waals surface area contributed by atoms with Crippen molar-refractivity contribution in [2.45, 2.75) is 0 Å². The smallest absolute Gasteiger partial charge is 0.143 e. The number of nitrogens with zero attached hydrogens (tertiary/aromatic N) is 1. The van der Waals surface area contributed by atoms with Crippen LogP contribution >= 0.6 is 0 Å². The Morgan fingerprint density at radius 1 is 0.391 bits per heavy atom. The van der Waals surface area contributed by atoms with Crippen LogP contribution in [-0.4, -0.2) is 0 Å². The Balaban J connectivity index is 1.36.